The molecule has 0 radical (unpaired) electrons. The highest BCUT2D eigenvalue weighted by atomic mass is 16.4. The first-order valence-electron chi connectivity index (χ1n) is 17.4. The molecule has 0 fully saturated rings. The fraction of sp³-hybridized carbons (Fsp3) is 1.00. The van der Waals surface area contributed by atoms with Crippen LogP contribution in [0.3, 0.4) is 0 Å². The summed E-state index contributed by atoms with van der Waals surface area (Å²) in [6.07, 6.45) is -32.0. The predicted molar refractivity (Wildman–Crippen MR) is 191 cm³/mol. The zero-order valence-corrected chi connectivity index (χ0v) is 32.0. The summed E-state index contributed by atoms with van der Waals surface area (Å²) in [5.41, 5.74) is 0. The van der Waals surface area contributed by atoms with Crippen LogP contribution in [0.15, 0.2) is 0 Å². The van der Waals surface area contributed by atoms with Crippen molar-refractivity contribution >= 4 is 0 Å². The van der Waals surface area contributed by atoms with Gasteiger partial charge in [0.2, 0.25) is 0 Å². The lowest BCUT2D eigenvalue weighted by Crippen LogP contribution is -2.46. The summed E-state index contributed by atoms with van der Waals surface area (Å²) < 4.78 is 0. The molecule has 370 valence electrons. The van der Waals surface area contributed by atoms with Crippen molar-refractivity contribution in [3.05, 3.63) is 0 Å². The van der Waals surface area contributed by atoms with Gasteiger partial charge < -0.3 is 153 Å². The molecule has 30 N–H and O–H groups in total. The van der Waals surface area contributed by atoms with Gasteiger partial charge in [-0.3, -0.25) is 0 Å². The Kier molecular flexibility index (Phi) is 44.6. The smallest absolute Gasteiger partial charge is 0.111 e. The van der Waals surface area contributed by atoms with Crippen molar-refractivity contribution in [3.63, 3.8) is 0 Å². The van der Waals surface area contributed by atoms with Crippen LogP contribution in [-0.4, -0.2) is 341 Å². The van der Waals surface area contributed by atoms with Crippen molar-refractivity contribution < 1.29 is 153 Å². The molecule has 0 aliphatic carbocycles. The van der Waals surface area contributed by atoms with E-state index in [-0.39, 0.29) is 0 Å². The first kappa shape index (κ1) is 67.9. The van der Waals surface area contributed by atoms with Gasteiger partial charge in [0.1, 0.15) is 122 Å². The Balaban J connectivity index is -0.000000210. The van der Waals surface area contributed by atoms with Crippen molar-refractivity contribution in [1.82, 2.24) is 0 Å². The molecule has 0 amide bonds. The molecule has 0 aliphatic rings. The van der Waals surface area contributed by atoms with Crippen molar-refractivity contribution in [1.29, 1.82) is 0 Å². The highest BCUT2D eigenvalue weighted by Crippen LogP contribution is 2.07. The van der Waals surface area contributed by atoms with Crippen LogP contribution in [0, 0.1) is 0 Å². The molecular weight excluding hydrogens is 840 g/mol. The lowest BCUT2D eigenvalue weighted by molar-refractivity contribution is -0.123. The molecular formula is C30H70O30. The highest BCUT2D eigenvalue weighted by Gasteiger charge is 2.32. The van der Waals surface area contributed by atoms with E-state index in [9.17, 15) is 0 Å². The maximum atomic E-state index is 8.96. The summed E-state index contributed by atoms with van der Waals surface area (Å²) in [6, 6.07) is 0. The molecule has 0 rings (SSSR count). The number of aliphatic hydroxyl groups is 30. The molecule has 60 heavy (non-hydrogen) atoms. The number of rotatable bonds is 25. The van der Waals surface area contributed by atoms with Crippen molar-refractivity contribution in [2.45, 2.75) is 122 Å². The fourth-order valence-electron chi connectivity index (χ4n) is 3.36. The van der Waals surface area contributed by atoms with E-state index in [1.54, 1.807) is 0 Å². The van der Waals surface area contributed by atoms with Crippen LogP contribution in [0.25, 0.3) is 0 Å². The first-order valence-corrected chi connectivity index (χ1v) is 17.4. The van der Waals surface area contributed by atoms with Crippen LogP contribution in [0.4, 0.5) is 0 Å². The summed E-state index contributed by atoms with van der Waals surface area (Å²) in [6.45, 7) is -7.26. The molecule has 30 nitrogen and oxygen atoms in total. The Morgan fingerprint density at radius 3 is 0.217 bits per heavy atom. The van der Waals surface area contributed by atoms with Gasteiger partial charge in [0.05, 0.1) is 66.1 Å². The quantitative estimate of drug-likeness (QED) is 0.0404. The maximum Gasteiger partial charge on any atom is 0.111 e. The van der Waals surface area contributed by atoms with E-state index in [2.05, 4.69) is 0 Å². The number of hydrogen-bond donors (Lipinski definition) is 30. The van der Waals surface area contributed by atoms with E-state index >= 15 is 0 Å². The molecule has 0 aliphatic heterocycles. The lowest BCUT2D eigenvalue weighted by atomic mass is 10.0. The molecule has 30 heteroatoms. The normalized spacial score (nSPS) is 21.5. The average Bonchev–Trinajstić information content (AvgIpc) is 3.28. The minimum atomic E-state index is -1.67. The molecule has 0 aromatic rings. The number of aliphatic hydroxyl groups excluding tert-OH is 30. The Morgan fingerprint density at radius 1 is 0.133 bits per heavy atom. The lowest BCUT2D eigenvalue weighted by Gasteiger charge is -2.24. The SMILES string of the molecule is OC[C@@H](O)[C@@H](O)[C@H](O)[C@H](O)CO.OC[C@@H](O)[C@@H](O)[C@H](O)[C@H](O)CO.OC[C@@H](O)[C@@H](O)[C@H](O)[C@H](O)CO.OC[C@@H](O)[C@@H](O)[C@H](O)[C@H](O)CO.OC[C@@H](O)[C@@H](O)[C@H](O)[C@H](O)CO. The third kappa shape index (κ3) is 28.5. The van der Waals surface area contributed by atoms with Crippen LogP contribution in [-0.2, 0) is 0 Å². The molecule has 0 aromatic heterocycles. The highest BCUT2D eigenvalue weighted by molar-refractivity contribution is 4.83. The van der Waals surface area contributed by atoms with E-state index in [1.165, 1.54) is 0 Å². The van der Waals surface area contributed by atoms with E-state index < -0.39 is 188 Å². The van der Waals surface area contributed by atoms with Gasteiger partial charge in [-0.25, -0.2) is 0 Å². The standard InChI is InChI=1S/5C6H14O6/c5*7-1-3(9)5(11)6(12)4(10)2-8/h5*3-12H,1-2H2/t5*3-,4-,5-,6-/m11111/s1. The molecule has 0 aromatic carbocycles. The third-order valence-electron chi connectivity index (χ3n) is 7.56. The van der Waals surface area contributed by atoms with E-state index in [0.29, 0.717) is 0 Å². The van der Waals surface area contributed by atoms with E-state index in [1.807, 2.05) is 0 Å². The summed E-state index contributed by atoms with van der Waals surface area (Å²) in [5.74, 6) is 0. The Bertz CT molecular complexity index is 686. The van der Waals surface area contributed by atoms with Crippen LogP contribution < -0.4 is 0 Å². The van der Waals surface area contributed by atoms with Crippen LogP contribution in [0.1, 0.15) is 0 Å². The fourth-order valence-corrected chi connectivity index (χ4v) is 3.36. The summed E-state index contributed by atoms with van der Waals surface area (Å²) in [7, 11) is 0. The third-order valence-corrected chi connectivity index (χ3v) is 7.56. The van der Waals surface area contributed by atoms with Crippen molar-refractivity contribution in [2.75, 3.05) is 66.1 Å². The van der Waals surface area contributed by atoms with Gasteiger partial charge in [0.25, 0.3) is 0 Å². The summed E-state index contributed by atoms with van der Waals surface area (Å²) in [5, 5.41) is 261. The minimum absolute atomic E-state index is 0.726. The molecule has 0 bridgehead atoms. The first-order chi connectivity index (χ1) is 27.7. The minimum Gasteiger partial charge on any atom is -0.394 e. The average molecular weight is 911 g/mol. The van der Waals surface area contributed by atoms with Crippen LogP contribution in [0.5, 0.6) is 0 Å². The Labute approximate surface area is 341 Å². The molecule has 0 saturated carbocycles. The predicted octanol–water partition coefficient (Wildman–Crippen LogP) is -17.9. The van der Waals surface area contributed by atoms with Gasteiger partial charge >= 0.3 is 0 Å². The maximum absolute atomic E-state index is 8.96. The topological polar surface area (TPSA) is 607 Å². The van der Waals surface area contributed by atoms with Crippen LogP contribution >= 0.6 is 0 Å². The summed E-state index contributed by atoms with van der Waals surface area (Å²) in [4.78, 5) is 0. The van der Waals surface area contributed by atoms with Gasteiger partial charge in [0.15, 0.2) is 0 Å². The van der Waals surface area contributed by atoms with Crippen molar-refractivity contribution in [2.24, 2.45) is 0 Å². The van der Waals surface area contributed by atoms with Crippen molar-refractivity contribution in [3.8, 4) is 0 Å². The Morgan fingerprint density at radius 2 is 0.183 bits per heavy atom. The molecule has 0 unspecified atom stereocenters. The van der Waals surface area contributed by atoms with Crippen LogP contribution in [0.2, 0.25) is 0 Å². The largest absolute Gasteiger partial charge is 0.394 e. The second-order valence-electron chi connectivity index (χ2n) is 12.4. The van der Waals surface area contributed by atoms with E-state index in [4.69, 9.17) is 153 Å². The second kappa shape index (κ2) is 39.4. The van der Waals surface area contributed by atoms with Gasteiger partial charge in [-0.15, -0.1) is 0 Å². The van der Waals surface area contributed by atoms with Gasteiger partial charge in [0, 0.05) is 0 Å². The molecule has 20 atom stereocenters. The van der Waals surface area contributed by atoms with Gasteiger partial charge in [-0.2, -0.15) is 0 Å². The van der Waals surface area contributed by atoms with Gasteiger partial charge in [-0.1, -0.05) is 0 Å². The molecule has 0 heterocycles. The Hall–Kier alpha value is -1.20. The van der Waals surface area contributed by atoms with E-state index in [0.717, 1.165) is 0 Å². The monoisotopic (exact) mass is 910 g/mol. The van der Waals surface area contributed by atoms with Gasteiger partial charge in [-0.05, 0) is 0 Å². The zero-order valence-electron chi connectivity index (χ0n) is 32.0. The number of hydrogen-bond acceptors (Lipinski definition) is 30. The molecule has 0 spiro atoms. The molecule has 0 saturated heterocycles. The summed E-state index contributed by atoms with van der Waals surface area (Å²) >= 11 is 0. The zero-order chi connectivity index (χ0) is 48.6. The second-order valence-corrected chi connectivity index (χ2v) is 12.4.